The molecule has 7 atom stereocenters. The number of fused-ring (bicyclic) bond motifs is 5. The highest BCUT2D eigenvalue weighted by molar-refractivity contribution is 6.29. The number of ether oxygens (including phenoxy) is 1. The standard InChI is InChI=1S/C26H35ClO5/c1-4-5-6-22(31)32-26(21(30)15-27)12-10-19-18-8-7-16-13-17(28)9-11-24(16,2)23(18)20(29)14-25(19,26)3/h9,11,13,18-20,23,29H,4-8,10,12,14-15H2,1-3H3/t18-,19-,20?,23+,24-,25-,26-/m0/s1. The first-order chi connectivity index (χ1) is 15.1. The van der Waals surface area contributed by atoms with Gasteiger partial charge in [-0.1, -0.05) is 38.8 Å². The van der Waals surface area contributed by atoms with E-state index in [2.05, 4.69) is 6.92 Å². The number of carbonyl (C=O) groups excluding carboxylic acids is 3. The highest BCUT2D eigenvalue weighted by Gasteiger charge is 2.70. The number of halogens is 1. The maximum Gasteiger partial charge on any atom is 0.306 e. The van der Waals surface area contributed by atoms with Crippen molar-refractivity contribution in [2.75, 3.05) is 5.88 Å². The summed E-state index contributed by atoms with van der Waals surface area (Å²) in [4.78, 5) is 37.9. The number of hydrogen-bond donors (Lipinski definition) is 1. The molecule has 0 saturated heterocycles. The number of Topliss-reactive ketones (excluding diaryl/α,β-unsaturated/α-hetero) is 1. The van der Waals surface area contributed by atoms with Crippen molar-refractivity contribution in [1.29, 1.82) is 0 Å². The quantitative estimate of drug-likeness (QED) is 0.462. The average Bonchev–Trinajstić information content (AvgIpc) is 3.04. The molecule has 0 aromatic carbocycles. The SMILES string of the molecule is CCCCC(=O)O[C@]1(C(=O)CCl)CC[C@H]2[C@@H]3CCC4=CC(=O)C=C[C@]4(C)[C@H]3C(O)C[C@@]21C. The number of esters is 1. The molecule has 32 heavy (non-hydrogen) atoms. The Labute approximate surface area is 195 Å². The minimum Gasteiger partial charge on any atom is -0.450 e. The molecule has 176 valence electrons. The summed E-state index contributed by atoms with van der Waals surface area (Å²) in [6, 6.07) is 0. The van der Waals surface area contributed by atoms with Crippen LogP contribution in [-0.2, 0) is 19.1 Å². The van der Waals surface area contributed by atoms with Gasteiger partial charge in [-0.25, -0.2) is 0 Å². The third-order valence-corrected chi connectivity index (χ3v) is 9.45. The molecule has 1 unspecified atom stereocenters. The number of ketones is 2. The highest BCUT2D eigenvalue weighted by atomic mass is 35.5. The summed E-state index contributed by atoms with van der Waals surface area (Å²) in [5, 5.41) is 11.5. The highest BCUT2D eigenvalue weighted by Crippen LogP contribution is 2.68. The molecule has 0 bridgehead atoms. The van der Waals surface area contributed by atoms with Crippen LogP contribution in [-0.4, -0.2) is 40.2 Å². The Balaban J connectivity index is 1.70. The number of aliphatic hydroxyl groups is 1. The summed E-state index contributed by atoms with van der Waals surface area (Å²) < 4.78 is 6.05. The van der Waals surface area contributed by atoms with Gasteiger partial charge in [0, 0.05) is 23.2 Å². The number of allylic oxidation sites excluding steroid dienone is 4. The van der Waals surface area contributed by atoms with Gasteiger partial charge in [0.15, 0.2) is 17.2 Å². The first-order valence-corrected chi connectivity index (χ1v) is 12.6. The molecule has 0 heterocycles. The molecule has 0 aliphatic heterocycles. The summed E-state index contributed by atoms with van der Waals surface area (Å²) in [7, 11) is 0. The van der Waals surface area contributed by atoms with Crippen LogP contribution in [0.2, 0.25) is 0 Å². The third-order valence-electron chi connectivity index (χ3n) is 9.21. The second-order valence-corrected chi connectivity index (χ2v) is 11.0. The number of unbranched alkanes of at least 4 members (excludes halogenated alkanes) is 1. The molecule has 4 rings (SSSR count). The van der Waals surface area contributed by atoms with E-state index >= 15 is 0 Å². The maximum atomic E-state index is 13.3. The van der Waals surface area contributed by atoms with E-state index in [0.29, 0.717) is 12.8 Å². The maximum absolute atomic E-state index is 13.3. The van der Waals surface area contributed by atoms with E-state index < -0.39 is 17.1 Å². The molecule has 0 aromatic rings. The summed E-state index contributed by atoms with van der Waals surface area (Å²) >= 11 is 6.05. The molecule has 0 aromatic heterocycles. The molecule has 3 fully saturated rings. The van der Waals surface area contributed by atoms with Crippen LogP contribution in [0.25, 0.3) is 0 Å². The van der Waals surface area contributed by atoms with Gasteiger partial charge in [-0.15, -0.1) is 11.6 Å². The lowest BCUT2D eigenvalue weighted by Gasteiger charge is -2.59. The van der Waals surface area contributed by atoms with Crippen LogP contribution in [0, 0.1) is 28.6 Å². The van der Waals surface area contributed by atoms with Crippen LogP contribution in [0.5, 0.6) is 0 Å². The monoisotopic (exact) mass is 462 g/mol. The smallest absolute Gasteiger partial charge is 0.306 e. The van der Waals surface area contributed by atoms with Crippen molar-refractivity contribution in [2.24, 2.45) is 28.6 Å². The van der Waals surface area contributed by atoms with Crippen molar-refractivity contribution in [3.8, 4) is 0 Å². The van der Waals surface area contributed by atoms with Gasteiger partial charge >= 0.3 is 5.97 Å². The van der Waals surface area contributed by atoms with E-state index in [9.17, 15) is 19.5 Å². The molecule has 3 saturated carbocycles. The number of rotatable bonds is 6. The minimum atomic E-state index is -1.27. The molecule has 4 aliphatic carbocycles. The van der Waals surface area contributed by atoms with E-state index in [1.807, 2.05) is 19.9 Å². The second kappa shape index (κ2) is 8.39. The number of alkyl halides is 1. The minimum absolute atomic E-state index is 0.0117. The zero-order valence-electron chi connectivity index (χ0n) is 19.4. The van der Waals surface area contributed by atoms with Gasteiger partial charge in [0.05, 0.1) is 12.0 Å². The predicted molar refractivity (Wildman–Crippen MR) is 122 cm³/mol. The number of hydrogen-bond acceptors (Lipinski definition) is 5. The molecular formula is C26H35ClO5. The van der Waals surface area contributed by atoms with Crippen LogP contribution in [0.15, 0.2) is 23.8 Å². The lowest BCUT2D eigenvalue weighted by Crippen LogP contribution is -2.62. The molecule has 1 N–H and O–H groups in total. The Bertz CT molecular complexity index is 877. The van der Waals surface area contributed by atoms with E-state index in [0.717, 1.165) is 37.7 Å². The van der Waals surface area contributed by atoms with E-state index in [1.54, 1.807) is 12.2 Å². The summed E-state index contributed by atoms with van der Waals surface area (Å²) in [5.41, 5.74) is -1.20. The van der Waals surface area contributed by atoms with E-state index in [-0.39, 0.29) is 53.0 Å². The third kappa shape index (κ3) is 3.34. The lowest BCUT2D eigenvalue weighted by molar-refractivity contribution is -0.198. The Morgan fingerprint density at radius 1 is 1.28 bits per heavy atom. The van der Waals surface area contributed by atoms with E-state index in [4.69, 9.17) is 16.3 Å². The van der Waals surface area contributed by atoms with Gasteiger partial charge in [0.2, 0.25) is 0 Å². The van der Waals surface area contributed by atoms with E-state index in [1.165, 1.54) is 0 Å². The number of carbonyl (C=O) groups is 3. The zero-order valence-corrected chi connectivity index (χ0v) is 20.1. The van der Waals surface area contributed by atoms with Gasteiger partial charge in [-0.2, -0.15) is 0 Å². The van der Waals surface area contributed by atoms with Gasteiger partial charge in [-0.05, 0) is 62.5 Å². The van der Waals surface area contributed by atoms with Crippen molar-refractivity contribution in [3.05, 3.63) is 23.8 Å². The Morgan fingerprint density at radius 2 is 2.03 bits per heavy atom. The molecule has 4 aliphatic rings. The normalized spacial score (nSPS) is 42.5. The molecule has 0 amide bonds. The second-order valence-electron chi connectivity index (χ2n) is 10.7. The average molecular weight is 463 g/mol. The Morgan fingerprint density at radius 3 is 2.72 bits per heavy atom. The predicted octanol–water partition coefficient (Wildman–Crippen LogP) is 4.55. The van der Waals surface area contributed by atoms with Crippen molar-refractivity contribution in [3.63, 3.8) is 0 Å². The van der Waals surface area contributed by atoms with Gasteiger partial charge in [-0.3, -0.25) is 14.4 Å². The molecule has 6 heteroatoms. The van der Waals surface area contributed by atoms with Crippen molar-refractivity contribution in [1.82, 2.24) is 0 Å². The summed E-state index contributed by atoms with van der Waals surface area (Å²) in [6.45, 7) is 6.16. The summed E-state index contributed by atoms with van der Waals surface area (Å²) in [5.74, 6) is -0.484. The van der Waals surface area contributed by atoms with Crippen molar-refractivity contribution < 1.29 is 24.2 Å². The van der Waals surface area contributed by atoms with Crippen LogP contribution >= 0.6 is 11.6 Å². The Hall–Kier alpha value is -1.46. The van der Waals surface area contributed by atoms with Crippen molar-refractivity contribution >= 4 is 29.1 Å². The molecular weight excluding hydrogens is 428 g/mol. The lowest BCUT2D eigenvalue weighted by atomic mass is 9.46. The zero-order chi connectivity index (χ0) is 23.3. The fourth-order valence-corrected chi connectivity index (χ4v) is 7.89. The number of aliphatic hydroxyl groups excluding tert-OH is 1. The van der Waals surface area contributed by atoms with Crippen LogP contribution in [0.3, 0.4) is 0 Å². The van der Waals surface area contributed by atoms with Crippen molar-refractivity contribution in [2.45, 2.75) is 83.8 Å². The fourth-order valence-electron chi connectivity index (χ4n) is 7.67. The largest absolute Gasteiger partial charge is 0.450 e. The first-order valence-electron chi connectivity index (χ1n) is 12.1. The van der Waals surface area contributed by atoms with Gasteiger partial charge < -0.3 is 9.84 Å². The van der Waals surface area contributed by atoms with Gasteiger partial charge in [0.1, 0.15) is 0 Å². The first kappa shape index (κ1) is 23.7. The van der Waals surface area contributed by atoms with Gasteiger partial charge in [0.25, 0.3) is 0 Å². The molecule has 5 nitrogen and oxygen atoms in total. The topological polar surface area (TPSA) is 80.7 Å². The molecule has 0 spiro atoms. The van der Waals surface area contributed by atoms with Crippen LogP contribution in [0.1, 0.15) is 72.1 Å². The van der Waals surface area contributed by atoms with Crippen LogP contribution < -0.4 is 0 Å². The summed E-state index contributed by atoms with van der Waals surface area (Å²) in [6.07, 6.45) is 9.83. The fraction of sp³-hybridized carbons (Fsp3) is 0.731. The Kier molecular flexibility index (Phi) is 6.21. The molecule has 0 radical (unpaired) electrons. The van der Waals surface area contributed by atoms with Crippen LogP contribution in [0.4, 0.5) is 0 Å².